The summed E-state index contributed by atoms with van der Waals surface area (Å²) in [6.45, 7) is 15.1. The van der Waals surface area contributed by atoms with Crippen LogP contribution in [0.2, 0.25) is 0 Å². The summed E-state index contributed by atoms with van der Waals surface area (Å²) >= 11 is 0. The standard InChI is InChI=1S/C20H41N.C18H36/c1-4-6-7-8-9-10-11-12-13-14-15-16-17-18-19-20(3)21-5-2;1-4-6-8-10-11-13-15-17-18(3)16-14-12-9-7-5-2/h5,20-21H,2,4,6-19H2,1,3H3;16H,4-15,17H2,1-3H3/b;18-16+. The molecule has 0 spiro atoms. The third kappa shape index (κ3) is 39.5. The Morgan fingerprint density at radius 2 is 0.897 bits per heavy atom. The van der Waals surface area contributed by atoms with Crippen LogP contribution in [-0.4, -0.2) is 6.04 Å². The summed E-state index contributed by atoms with van der Waals surface area (Å²) in [5.74, 6) is 0. The summed E-state index contributed by atoms with van der Waals surface area (Å²) < 4.78 is 0. The number of unbranched alkanes of at least 4 members (excludes halogenated alkanes) is 23. The third-order valence-electron chi connectivity index (χ3n) is 8.12. The normalized spacial score (nSPS) is 12.2. The van der Waals surface area contributed by atoms with Gasteiger partial charge in [-0.3, -0.25) is 0 Å². The van der Waals surface area contributed by atoms with Crippen LogP contribution in [0.15, 0.2) is 24.4 Å². The van der Waals surface area contributed by atoms with Gasteiger partial charge < -0.3 is 5.32 Å². The van der Waals surface area contributed by atoms with Gasteiger partial charge in [0.05, 0.1) is 0 Å². The quantitative estimate of drug-likeness (QED) is 0.0696. The number of hydrogen-bond acceptors (Lipinski definition) is 1. The summed E-state index contributed by atoms with van der Waals surface area (Å²) in [5, 5.41) is 3.26. The number of allylic oxidation sites excluding steroid dienone is 2. The molecular weight excluding hydrogens is 470 g/mol. The zero-order chi connectivity index (χ0) is 29.1. The molecule has 1 N–H and O–H groups in total. The zero-order valence-corrected chi connectivity index (χ0v) is 28.2. The fourth-order valence-electron chi connectivity index (χ4n) is 5.31. The van der Waals surface area contributed by atoms with E-state index in [1.165, 1.54) is 180 Å². The summed E-state index contributed by atoms with van der Waals surface area (Å²) in [5.41, 5.74) is 1.63. The molecule has 0 aliphatic carbocycles. The van der Waals surface area contributed by atoms with Crippen molar-refractivity contribution in [1.29, 1.82) is 0 Å². The van der Waals surface area contributed by atoms with E-state index in [9.17, 15) is 0 Å². The molecule has 234 valence electrons. The van der Waals surface area contributed by atoms with E-state index in [4.69, 9.17) is 0 Å². The van der Waals surface area contributed by atoms with Crippen molar-refractivity contribution < 1.29 is 0 Å². The highest BCUT2D eigenvalue weighted by atomic mass is 14.9. The second kappa shape index (κ2) is 37.3. The highest BCUT2D eigenvalue weighted by molar-refractivity contribution is 4.97. The molecule has 0 amide bonds. The molecule has 0 aliphatic heterocycles. The Labute approximate surface area is 249 Å². The van der Waals surface area contributed by atoms with Crippen LogP contribution in [0, 0.1) is 0 Å². The third-order valence-corrected chi connectivity index (χ3v) is 8.12. The Balaban J connectivity index is 0. The van der Waals surface area contributed by atoms with Crippen LogP contribution in [0.25, 0.3) is 0 Å². The van der Waals surface area contributed by atoms with Gasteiger partial charge in [0.1, 0.15) is 0 Å². The molecule has 1 unspecified atom stereocenters. The lowest BCUT2D eigenvalue weighted by Crippen LogP contribution is -2.19. The molecule has 1 atom stereocenters. The van der Waals surface area contributed by atoms with Gasteiger partial charge in [0.25, 0.3) is 0 Å². The number of rotatable bonds is 30. The van der Waals surface area contributed by atoms with E-state index >= 15 is 0 Å². The molecule has 0 radical (unpaired) electrons. The molecule has 0 aromatic carbocycles. The first kappa shape index (κ1) is 40.4. The number of hydrogen-bond donors (Lipinski definition) is 1. The average Bonchev–Trinajstić information content (AvgIpc) is 2.93. The Bertz CT molecular complexity index is 465. The van der Waals surface area contributed by atoms with Crippen LogP contribution in [0.5, 0.6) is 0 Å². The molecular formula is C38H77N. The lowest BCUT2D eigenvalue weighted by Gasteiger charge is -2.10. The van der Waals surface area contributed by atoms with Gasteiger partial charge in [0, 0.05) is 6.04 Å². The van der Waals surface area contributed by atoms with E-state index in [0.29, 0.717) is 6.04 Å². The van der Waals surface area contributed by atoms with E-state index < -0.39 is 0 Å². The van der Waals surface area contributed by atoms with Gasteiger partial charge in [-0.1, -0.05) is 187 Å². The first-order chi connectivity index (χ1) is 19.1. The summed E-state index contributed by atoms with van der Waals surface area (Å²) in [7, 11) is 0. The topological polar surface area (TPSA) is 12.0 Å². The van der Waals surface area contributed by atoms with Crippen molar-refractivity contribution in [3.63, 3.8) is 0 Å². The maximum atomic E-state index is 3.71. The molecule has 0 heterocycles. The molecule has 0 bridgehead atoms. The van der Waals surface area contributed by atoms with Crippen LogP contribution < -0.4 is 5.32 Å². The molecule has 39 heavy (non-hydrogen) atoms. The lowest BCUT2D eigenvalue weighted by atomic mass is 10.0. The van der Waals surface area contributed by atoms with Gasteiger partial charge in [-0.05, 0) is 52.2 Å². The van der Waals surface area contributed by atoms with Crippen molar-refractivity contribution in [2.45, 2.75) is 220 Å². The molecule has 0 fully saturated rings. The summed E-state index contributed by atoms with van der Waals surface area (Å²) in [6.07, 6.45) is 43.9. The Kier molecular flexibility index (Phi) is 38.6. The Morgan fingerprint density at radius 3 is 1.31 bits per heavy atom. The van der Waals surface area contributed by atoms with Crippen LogP contribution in [0.1, 0.15) is 214 Å². The maximum Gasteiger partial charge on any atom is 0.0227 e. The second-order valence-electron chi connectivity index (χ2n) is 12.4. The first-order valence-corrected chi connectivity index (χ1v) is 18.1. The molecule has 0 saturated carbocycles. The minimum atomic E-state index is 0.597. The SMILES string of the molecule is C=CNC(C)CCCCCCCCCCCCCCCC.CCCCCC/C=C(\C)CCCCCCCCC. The smallest absolute Gasteiger partial charge is 0.0227 e. The van der Waals surface area contributed by atoms with E-state index in [1.807, 2.05) is 6.20 Å². The molecule has 0 rings (SSSR count). The summed E-state index contributed by atoms with van der Waals surface area (Å²) in [4.78, 5) is 0. The molecule has 0 aromatic rings. The first-order valence-electron chi connectivity index (χ1n) is 18.1. The fourth-order valence-corrected chi connectivity index (χ4v) is 5.31. The van der Waals surface area contributed by atoms with Crippen LogP contribution in [-0.2, 0) is 0 Å². The van der Waals surface area contributed by atoms with Crippen molar-refractivity contribution in [2.75, 3.05) is 0 Å². The monoisotopic (exact) mass is 548 g/mol. The molecule has 0 aromatic heterocycles. The minimum Gasteiger partial charge on any atom is -0.389 e. The van der Waals surface area contributed by atoms with Gasteiger partial charge in [-0.25, -0.2) is 0 Å². The minimum absolute atomic E-state index is 0.597. The van der Waals surface area contributed by atoms with Gasteiger partial charge >= 0.3 is 0 Å². The predicted molar refractivity (Wildman–Crippen MR) is 183 cm³/mol. The van der Waals surface area contributed by atoms with Crippen molar-refractivity contribution in [2.24, 2.45) is 0 Å². The average molecular weight is 548 g/mol. The van der Waals surface area contributed by atoms with Crippen LogP contribution in [0.3, 0.4) is 0 Å². The van der Waals surface area contributed by atoms with Crippen molar-refractivity contribution in [3.8, 4) is 0 Å². The Hall–Kier alpha value is -0.720. The highest BCUT2D eigenvalue weighted by Gasteiger charge is 1.98. The maximum absolute atomic E-state index is 3.71. The molecule has 0 aliphatic rings. The van der Waals surface area contributed by atoms with Crippen molar-refractivity contribution in [3.05, 3.63) is 24.4 Å². The van der Waals surface area contributed by atoms with Gasteiger partial charge in [-0.15, -0.1) is 0 Å². The summed E-state index contributed by atoms with van der Waals surface area (Å²) in [6, 6.07) is 0.597. The van der Waals surface area contributed by atoms with E-state index in [0.717, 1.165) is 0 Å². The number of nitrogens with one attached hydrogen (secondary N) is 1. The fraction of sp³-hybridized carbons (Fsp3) is 0.895. The zero-order valence-electron chi connectivity index (χ0n) is 28.2. The van der Waals surface area contributed by atoms with Gasteiger partial charge in [-0.2, -0.15) is 0 Å². The van der Waals surface area contributed by atoms with Crippen LogP contribution >= 0.6 is 0 Å². The van der Waals surface area contributed by atoms with E-state index in [2.05, 4.69) is 52.6 Å². The second-order valence-corrected chi connectivity index (χ2v) is 12.4. The molecule has 1 nitrogen and oxygen atoms in total. The Morgan fingerprint density at radius 1 is 0.538 bits per heavy atom. The van der Waals surface area contributed by atoms with E-state index in [1.54, 1.807) is 5.57 Å². The lowest BCUT2D eigenvalue weighted by molar-refractivity contribution is 0.508. The molecule has 0 saturated heterocycles. The van der Waals surface area contributed by atoms with Crippen molar-refractivity contribution in [1.82, 2.24) is 5.32 Å². The van der Waals surface area contributed by atoms with Crippen molar-refractivity contribution >= 4 is 0 Å². The largest absolute Gasteiger partial charge is 0.389 e. The highest BCUT2D eigenvalue weighted by Crippen LogP contribution is 2.15. The van der Waals surface area contributed by atoms with Crippen LogP contribution in [0.4, 0.5) is 0 Å². The molecule has 1 heteroatoms. The van der Waals surface area contributed by atoms with Gasteiger partial charge in [0.2, 0.25) is 0 Å². The van der Waals surface area contributed by atoms with Gasteiger partial charge in [0.15, 0.2) is 0 Å². The predicted octanol–water partition coefficient (Wildman–Crippen LogP) is 14.0. The van der Waals surface area contributed by atoms with E-state index in [-0.39, 0.29) is 0 Å².